The highest BCUT2D eigenvalue weighted by Gasteiger charge is 2.21. The molecule has 100 valence electrons. The summed E-state index contributed by atoms with van der Waals surface area (Å²) < 4.78 is 20.5. The minimum absolute atomic E-state index is 0.252. The molecule has 5 heteroatoms. The van der Waals surface area contributed by atoms with Crippen molar-refractivity contribution in [2.45, 2.75) is 12.3 Å². The number of nitrogens with one attached hydrogen (secondary N) is 1. The standard InChI is InChI=1S/C14H16FN3O/c1-19-14-6-11(2-3-12(14)15)18-9-17-8-13(18)10-4-5-16-7-10/h2-3,6,8-10,16H,4-5,7H2,1H3. The second-order valence-electron chi connectivity index (χ2n) is 4.70. The van der Waals surface area contributed by atoms with Crippen molar-refractivity contribution in [2.24, 2.45) is 0 Å². The van der Waals surface area contributed by atoms with Gasteiger partial charge in [0, 0.05) is 30.4 Å². The quantitative estimate of drug-likeness (QED) is 0.919. The van der Waals surface area contributed by atoms with Crippen LogP contribution < -0.4 is 10.1 Å². The van der Waals surface area contributed by atoms with Crippen LogP contribution in [-0.4, -0.2) is 29.8 Å². The minimum Gasteiger partial charge on any atom is -0.494 e. The third-order valence-electron chi connectivity index (χ3n) is 3.56. The molecule has 1 N–H and O–H groups in total. The van der Waals surface area contributed by atoms with E-state index in [2.05, 4.69) is 10.3 Å². The average Bonchev–Trinajstić information content (AvgIpc) is 3.09. The average molecular weight is 261 g/mol. The summed E-state index contributed by atoms with van der Waals surface area (Å²) >= 11 is 0. The SMILES string of the molecule is COc1cc(-n2cncc2C2CCNC2)ccc1F. The molecule has 0 spiro atoms. The molecule has 0 saturated carbocycles. The van der Waals surface area contributed by atoms with Crippen molar-refractivity contribution >= 4 is 0 Å². The normalized spacial score (nSPS) is 18.7. The maximum absolute atomic E-state index is 13.5. The van der Waals surface area contributed by atoms with Crippen molar-refractivity contribution in [1.29, 1.82) is 0 Å². The molecule has 0 bridgehead atoms. The molecule has 4 nitrogen and oxygen atoms in total. The Bertz CT molecular complexity index is 576. The second-order valence-corrected chi connectivity index (χ2v) is 4.70. The van der Waals surface area contributed by atoms with Crippen LogP contribution in [-0.2, 0) is 0 Å². The third kappa shape index (κ3) is 2.21. The minimum atomic E-state index is -0.351. The van der Waals surface area contributed by atoms with Crippen LogP contribution in [0.5, 0.6) is 5.75 Å². The van der Waals surface area contributed by atoms with Gasteiger partial charge in [0.25, 0.3) is 0 Å². The molecule has 1 unspecified atom stereocenters. The van der Waals surface area contributed by atoms with E-state index >= 15 is 0 Å². The van der Waals surface area contributed by atoms with Crippen molar-refractivity contribution in [2.75, 3.05) is 20.2 Å². The molecule has 1 aromatic carbocycles. The van der Waals surface area contributed by atoms with E-state index in [0.29, 0.717) is 5.92 Å². The van der Waals surface area contributed by atoms with Crippen LogP contribution in [0.4, 0.5) is 4.39 Å². The number of nitrogens with zero attached hydrogens (tertiary/aromatic N) is 2. The van der Waals surface area contributed by atoms with Crippen LogP contribution in [0.3, 0.4) is 0 Å². The van der Waals surface area contributed by atoms with Gasteiger partial charge >= 0.3 is 0 Å². The largest absolute Gasteiger partial charge is 0.494 e. The van der Waals surface area contributed by atoms with E-state index < -0.39 is 0 Å². The van der Waals surface area contributed by atoms with Crippen LogP contribution in [0.2, 0.25) is 0 Å². The van der Waals surface area contributed by atoms with Crippen LogP contribution in [0.25, 0.3) is 5.69 Å². The summed E-state index contributed by atoms with van der Waals surface area (Å²) in [4.78, 5) is 4.22. The number of hydrogen-bond donors (Lipinski definition) is 1. The van der Waals surface area contributed by atoms with Gasteiger partial charge in [0.15, 0.2) is 11.6 Å². The topological polar surface area (TPSA) is 39.1 Å². The molecule has 2 aromatic rings. The lowest BCUT2D eigenvalue weighted by atomic mass is 10.1. The highest BCUT2D eigenvalue weighted by molar-refractivity contribution is 5.42. The fraction of sp³-hybridized carbons (Fsp3) is 0.357. The summed E-state index contributed by atoms with van der Waals surface area (Å²) in [6.07, 6.45) is 4.75. The number of benzene rings is 1. The first-order chi connectivity index (χ1) is 9.29. The molecular formula is C14H16FN3O. The molecule has 0 aliphatic carbocycles. The Morgan fingerprint density at radius 1 is 1.47 bits per heavy atom. The summed E-state index contributed by atoms with van der Waals surface area (Å²) in [5.74, 6) is 0.357. The summed E-state index contributed by atoms with van der Waals surface area (Å²) in [6.45, 7) is 1.99. The summed E-state index contributed by atoms with van der Waals surface area (Å²) in [5.41, 5.74) is 2.02. The Kier molecular flexibility index (Phi) is 3.21. The van der Waals surface area contributed by atoms with E-state index in [9.17, 15) is 4.39 Å². The van der Waals surface area contributed by atoms with E-state index in [4.69, 9.17) is 4.74 Å². The Labute approximate surface area is 111 Å². The van der Waals surface area contributed by atoms with Crippen LogP contribution in [0, 0.1) is 5.82 Å². The molecule has 1 aromatic heterocycles. The smallest absolute Gasteiger partial charge is 0.165 e. The van der Waals surface area contributed by atoms with Crippen LogP contribution in [0.15, 0.2) is 30.7 Å². The lowest BCUT2D eigenvalue weighted by Gasteiger charge is -2.13. The first-order valence-corrected chi connectivity index (χ1v) is 6.36. The van der Waals surface area contributed by atoms with E-state index in [-0.39, 0.29) is 11.6 Å². The first-order valence-electron chi connectivity index (χ1n) is 6.36. The van der Waals surface area contributed by atoms with Crippen molar-refractivity contribution in [1.82, 2.24) is 14.9 Å². The van der Waals surface area contributed by atoms with E-state index in [1.807, 2.05) is 10.8 Å². The summed E-state index contributed by atoms with van der Waals surface area (Å²) in [6, 6.07) is 4.86. The zero-order valence-electron chi connectivity index (χ0n) is 10.8. The molecule has 3 rings (SSSR count). The number of hydrogen-bond acceptors (Lipinski definition) is 3. The number of ether oxygens (including phenoxy) is 1. The number of imidazole rings is 1. The van der Waals surface area contributed by atoms with Gasteiger partial charge in [-0.05, 0) is 25.1 Å². The van der Waals surface area contributed by atoms with Gasteiger partial charge in [-0.15, -0.1) is 0 Å². The highest BCUT2D eigenvalue weighted by Crippen LogP contribution is 2.27. The summed E-state index contributed by atoms with van der Waals surface area (Å²) in [5, 5.41) is 3.35. The van der Waals surface area contributed by atoms with E-state index in [0.717, 1.165) is 30.9 Å². The van der Waals surface area contributed by atoms with Crippen molar-refractivity contribution in [3.05, 3.63) is 42.2 Å². The van der Waals surface area contributed by atoms with Crippen LogP contribution in [0.1, 0.15) is 18.0 Å². The van der Waals surface area contributed by atoms with Crippen LogP contribution >= 0.6 is 0 Å². The molecule has 19 heavy (non-hydrogen) atoms. The fourth-order valence-electron chi connectivity index (χ4n) is 2.53. The van der Waals surface area contributed by atoms with Gasteiger partial charge in [-0.1, -0.05) is 0 Å². The molecule has 1 aliphatic heterocycles. The predicted octanol–water partition coefficient (Wildman–Crippen LogP) is 2.10. The lowest BCUT2D eigenvalue weighted by molar-refractivity contribution is 0.386. The van der Waals surface area contributed by atoms with Gasteiger partial charge in [-0.2, -0.15) is 0 Å². The van der Waals surface area contributed by atoms with Gasteiger partial charge < -0.3 is 14.6 Å². The Balaban J connectivity index is 2.00. The van der Waals surface area contributed by atoms with Crippen molar-refractivity contribution < 1.29 is 9.13 Å². The molecular weight excluding hydrogens is 245 g/mol. The molecule has 0 amide bonds. The van der Waals surface area contributed by atoms with Gasteiger partial charge in [0.2, 0.25) is 0 Å². The third-order valence-corrected chi connectivity index (χ3v) is 3.56. The molecule has 1 fully saturated rings. The molecule has 2 heterocycles. The Hall–Kier alpha value is -1.88. The van der Waals surface area contributed by atoms with E-state index in [1.165, 1.54) is 13.2 Å². The van der Waals surface area contributed by atoms with Gasteiger partial charge in [0.1, 0.15) is 0 Å². The number of rotatable bonds is 3. The zero-order valence-corrected chi connectivity index (χ0v) is 10.8. The lowest BCUT2D eigenvalue weighted by Crippen LogP contribution is -2.10. The van der Waals surface area contributed by atoms with Crippen molar-refractivity contribution in [3.63, 3.8) is 0 Å². The Morgan fingerprint density at radius 3 is 3.11 bits per heavy atom. The predicted molar refractivity (Wildman–Crippen MR) is 70.3 cm³/mol. The number of methoxy groups -OCH3 is 1. The molecule has 0 radical (unpaired) electrons. The van der Waals surface area contributed by atoms with E-state index in [1.54, 1.807) is 18.5 Å². The van der Waals surface area contributed by atoms with Gasteiger partial charge in [0.05, 0.1) is 19.1 Å². The maximum Gasteiger partial charge on any atom is 0.165 e. The summed E-state index contributed by atoms with van der Waals surface area (Å²) in [7, 11) is 1.47. The van der Waals surface area contributed by atoms with Gasteiger partial charge in [-0.3, -0.25) is 0 Å². The second kappa shape index (κ2) is 5.01. The fourth-order valence-corrected chi connectivity index (χ4v) is 2.53. The zero-order chi connectivity index (χ0) is 13.2. The van der Waals surface area contributed by atoms with Gasteiger partial charge in [-0.25, -0.2) is 9.37 Å². The highest BCUT2D eigenvalue weighted by atomic mass is 19.1. The Morgan fingerprint density at radius 2 is 2.37 bits per heavy atom. The number of aromatic nitrogens is 2. The maximum atomic E-state index is 13.5. The molecule has 1 saturated heterocycles. The number of halogens is 1. The molecule has 1 aliphatic rings. The first kappa shape index (κ1) is 12.2. The molecule has 1 atom stereocenters. The van der Waals surface area contributed by atoms with Crippen molar-refractivity contribution in [3.8, 4) is 11.4 Å². The monoisotopic (exact) mass is 261 g/mol.